The van der Waals surface area contributed by atoms with Gasteiger partial charge in [-0.2, -0.15) is 0 Å². The molecule has 3 heteroatoms. The van der Waals surface area contributed by atoms with Crippen molar-refractivity contribution in [3.63, 3.8) is 0 Å². The number of anilines is 1. The lowest BCUT2D eigenvalue weighted by Gasteiger charge is -2.10. The average Bonchev–Trinajstić information content (AvgIpc) is 2.48. The maximum absolute atomic E-state index is 13.4. The van der Waals surface area contributed by atoms with Crippen molar-refractivity contribution in [2.75, 3.05) is 5.73 Å². The minimum absolute atomic E-state index is 0.152. The lowest BCUT2D eigenvalue weighted by atomic mass is 10.1. The Hall–Kier alpha value is -2.55. The van der Waals surface area contributed by atoms with E-state index >= 15 is 0 Å². The van der Waals surface area contributed by atoms with Gasteiger partial charge in [0.15, 0.2) is 0 Å². The van der Waals surface area contributed by atoms with Crippen molar-refractivity contribution in [2.45, 2.75) is 6.61 Å². The molecule has 0 fully saturated rings. The largest absolute Gasteiger partial charge is 0.488 e. The van der Waals surface area contributed by atoms with E-state index in [0.717, 1.165) is 22.1 Å². The molecule has 0 aliphatic rings. The van der Waals surface area contributed by atoms with Gasteiger partial charge in [-0.1, -0.05) is 42.5 Å². The van der Waals surface area contributed by atoms with Crippen LogP contribution in [0.3, 0.4) is 0 Å². The molecular weight excluding hydrogens is 253 g/mol. The predicted octanol–water partition coefficient (Wildman–Crippen LogP) is 4.14. The van der Waals surface area contributed by atoms with E-state index in [1.807, 2.05) is 42.5 Å². The molecule has 0 heterocycles. The summed E-state index contributed by atoms with van der Waals surface area (Å²) in [5.74, 6) is 0.379. The quantitative estimate of drug-likeness (QED) is 0.724. The van der Waals surface area contributed by atoms with E-state index in [1.165, 1.54) is 6.07 Å². The van der Waals surface area contributed by atoms with E-state index in [4.69, 9.17) is 10.5 Å². The molecule has 2 N–H and O–H groups in total. The Balaban J connectivity index is 1.85. The van der Waals surface area contributed by atoms with Crippen molar-refractivity contribution < 1.29 is 9.13 Å². The van der Waals surface area contributed by atoms with E-state index in [9.17, 15) is 4.39 Å². The minimum Gasteiger partial charge on any atom is -0.488 e. The summed E-state index contributed by atoms with van der Waals surface area (Å²) in [6.07, 6.45) is 0. The number of fused-ring (bicyclic) bond motifs is 1. The summed E-state index contributed by atoms with van der Waals surface area (Å²) in [5, 5.41) is 2.17. The van der Waals surface area contributed by atoms with Crippen molar-refractivity contribution >= 4 is 16.5 Å². The molecule has 3 rings (SSSR count). The van der Waals surface area contributed by atoms with Gasteiger partial charge in [-0.05, 0) is 29.1 Å². The first kappa shape index (κ1) is 12.5. The fraction of sp³-hybridized carbons (Fsp3) is 0.0588. The van der Waals surface area contributed by atoms with E-state index in [1.54, 1.807) is 12.1 Å². The van der Waals surface area contributed by atoms with E-state index in [-0.39, 0.29) is 5.69 Å². The molecule has 0 saturated heterocycles. The topological polar surface area (TPSA) is 35.2 Å². The Bertz CT molecular complexity index is 750. The highest BCUT2D eigenvalue weighted by Crippen LogP contribution is 2.26. The summed E-state index contributed by atoms with van der Waals surface area (Å²) in [4.78, 5) is 0. The van der Waals surface area contributed by atoms with E-state index in [2.05, 4.69) is 0 Å². The summed E-state index contributed by atoms with van der Waals surface area (Å²) in [7, 11) is 0. The van der Waals surface area contributed by atoms with Gasteiger partial charge in [0, 0.05) is 5.39 Å². The Morgan fingerprint density at radius 2 is 1.75 bits per heavy atom. The van der Waals surface area contributed by atoms with E-state index < -0.39 is 5.82 Å². The molecule has 3 aromatic carbocycles. The molecule has 0 atom stereocenters. The van der Waals surface area contributed by atoms with E-state index in [0.29, 0.717) is 6.61 Å². The van der Waals surface area contributed by atoms with Gasteiger partial charge >= 0.3 is 0 Å². The van der Waals surface area contributed by atoms with Crippen LogP contribution < -0.4 is 10.5 Å². The molecule has 3 aromatic rings. The monoisotopic (exact) mass is 267 g/mol. The second-order valence-electron chi connectivity index (χ2n) is 4.62. The predicted molar refractivity (Wildman–Crippen MR) is 79.1 cm³/mol. The summed E-state index contributed by atoms with van der Waals surface area (Å²) in [6, 6.07) is 18.6. The first-order valence-electron chi connectivity index (χ1n) is 6.38. The lowest BCUT2D eigenvalue weighted by Crippen LogP contribution is -1.98. The average molecular weight is 267 g/mol. The van der Waals surface area contributed by atoms with Crippen LogP contribution in [0.5, 0.6) is 5.75 Å². The Kier molecular flexibility index (Phi) is 3.25. The molecule has 0 spiro atoms. The fourth-order valence-corrected chi connectivity index (χ4v) is 2.14. The Morgan fingerprint density at radius 3 is 2.60 bits per heavy atom. The molecule has 0 unspecified atom stereocenters. The molecule has 0 bridgehead atoms. The minimum atomic E-state index is -0.413. The normalized spacial score (nSPS) is 10.7. The zero-order valence-electron chi connectivity index (χ0n) is 10.8. The highest BCUT2D eigenvalue weighted by Gasteiger charge is 2.04. The molecule has 0 amide bonds. The van der Waals surface area contributed by atoms with Gasteiger partial charge < -0.3 is 10.5 Å². The molecule has 2 nitrogen and oxygen atoms in total. The number of rotatable bonds is 3. The molecule has 100 valence electrons. The zero-order valence-corrected chi connectivity index (χ0v) is 10.8. The zero-order chi connectivity index (χ0) is 13.9. The first-order valence-corrected chi connectivity index (χ1v) is 6.38. The van der Waals surface area contributed by atoms with Crippen LogP contribution in [0.2, 0.25) is 0 Å². The number of ether oxygens (including phenoxy) is 1. The van der Waals surface area contributed by atoms with Gasteiger partial charge in [0.1, 0.15) is 18.2 Å². The van der Waals surface area contributed by atoms with Crippen molar-refractivity contribution in [3.05, 3.63) is 72.0 Å². The SMILES string of the molecule is Nc1ccc(COc2cccc3ccccc23)cc1F. The molecule has 0 saturated carbocycles. The maximum Gasteiger partial charge on any atom is 0.146 e. The molecule has 0 radical (unpaired) electrons. The number of halogens is 1. The van der Waals surface area contributed by atoms with Crippen molar-refractivity contribution in [1.29, 1.82) is 0 Å². The van der Waals surface area contributed by atoms with Crippen LogP contribution in [0, 0.1) is 5.82 Å². The molecule has 0 aliphatic carbocycles. The first-order chi connectivity index (χ1) is 9.74. The van der Waals surface area contributed by atoms with Crippen LogP contribution in [0.4, 0.5) is 10.1 Å². The van der Waals surface area contributed by atoms with Crippen LogP contribution in [0.25, 0.3) is 10.8 Å². The van der Waals surface area contributed by atoms with Crippen LogP contribution >= 0.6 is 0 Å². The molecule has 20 heavy (non-hydrogen) atoms. The highest BCUT2D eigenvalue weighted by atomic mass is 19.1. The van der Waals surface area contributed by atoms with Crippen LogP contribution in [-0.4, -0.2) is 0 Å². The van der Waals surface area contributed by atoms with Gasteiger partial charge in [0.05, 0.1) is 5.69 Å². The second-order valence-corrected chi connectivity index (χ2v) is 4.62. The van der Waals surface area contributed by atoms with Crippen LogP contribution in [0.1, 0.15) is 5.56 Å². The molecule has 0 aromatic heterocycles. The van der Waals surface area contributed by atoms with Crippen LogP contribution in [-0.2, 0) is 6.61 Å². The van der Waals surface area contributed by atoms with Crippen molar-refractivity contribution in [1.82, 2.24) is 0 Å². The van der Waals surface area contributed by atoms with Gasteiger partial charge in [-0.3, -0.25) is 0 Å². The fourth-order valence-electron chi connectivity index (χ4n) is 2.14. The third-order valence-corrected chi connectivity index (χ3v) is 3.21. The number of nitrogens with two attached hydrogens (primary N) is 1. The summed E-state index contributed by atoms with van der Waals surface area (Å²) >= 11 is 0. The van der Waals surface area contributed by atoms with Gasteiger partial charge in [0.25, 0.3) is 0 Å². The Labute approximate surface area is 116 Å². The summed E-state index contributed by atoms with van der Waals surface area (Å²) < 4.78 is 19.2. The maximum atomic E-state index is 13.4. The molecular formula is C17H14FNO. The number of nitrogen functional groups attached to an aromatic ring is 1. The second kappa shape index (κ2) is 5.21. The number of hydrogen-bond donors (Lipinski definition) is 1. The van der Waals surface area contributed by atoms with Crippen LogP contribution in [0.15, 0.2) is 60.7 Å². The summed E-state index contributed by atoms with van der Waals surface area (Å²) in [6.45, 7) is 0.311. The smallest absolute Gasteiger partial charge is 0.146 e. The van der Waals surface area contributed by atoms with Crippen molar-refractivity contribution in [2.24, 2.45) is 0 Å². The number of benzene rings is 3. The van der Waals surface area contributed by atoms with Crippen molar-refractivity contribution in [3.8, 4) is 5.75 Å². The number of hydrogen-bond acceptors (Lipinski definition) is 2. The summed E-state index contributed by atoms with van der Waals surface area (Å²) in [5.41, 5.74) is 6.36. The van der Waals surface area contributed by atoms with Gasteiger partial charge in [0.2, 0.25) is 0 Å². The third-order valence-electron chi connectivity index (χ3n) is 3.21. The lowest BCUT2D eigenvalue weighted by molar-refractivity contribution is 0.309. The van der Waals surface area contributed by atoms with Gasteiger partial charge in [-0.25, -0.2) is 4.39 Å². The Morgan fingerprint density at radius 1 is 0.950 bits per heavy atom. The van der Waals surface area contributed by atoms with Gasteiger partial charge in [-0.15, -0.1) is 0 Å². The molecule has 0 aliphatic heterocycles. The standard InChI is InChI=1S/C17H14FNO/c18-15-10-12(8-9-16(15)19)11-20-17-7-3-5-13-4-1-2-6-14(13)17/h1-10H,11,19H2. The highest BCUT2D eigenvalue weighted by molar-refractivity contribution is 5.88. The third kappa shape index (κ3) is 2.43.